The summed E-state index contributed by atoms with van der Waals surface area (Å²) in [6.07, 6.45) is 1.73. The Kier molecular flexibility index (Phi) is 7.75. The van der Waals surface area contributed by atoms with E-state index in [1.807, 2.05) is 36.2 Å². The van der Waals surface area contributed by atoms with Gasteiger partial charge in [0.15, 0.2) is 13.7 Å². The number of hydrogen-bond acceptors (Lipinski definition) is 5. The van der Waals surface area contributed by atoms with Gasteiger partial charge in [0.2, 0.25) is 0 Å². The summed E-state index contributed by atoms with van der Waals surface area (Å²) in [5.41, 5.74) is 5.26. The average molecular weight is 346 g/mol. The number of hydrogen-bond donors (Lipinski definition) is 1. The first-order valence-electron chi connectivity index (χ1n) is 8.00. The second-order valence-corrected chi connectivity index (χ2v) is 5.07. The highest BCUT2D eigenvalue weighted by Crippen LogP contribution is 2.20. The van der Waals surface area contributed by atoms with Gasteiger partial charge in [-0.15, -0.1) is 0 Å². The summed E-state index contributed by atoms with van der Waals surface area (Å²) in [5.74, 6) is 1.32. The van der Waals surface area contributed by atoms with Gasteiger partial charge in [-0.3, -0.25) is 5.01 Å². The zero-order valence-electron chi connectivity index (χ0n) is 14.3. The van der Waals surface area contributed by atoms with Crippen LogP contribution >= 0.6 is 0 Å². The lowest BCUT2D eigenvalue weighted by molar-refractivity contribution is -0.0284. The van der Waals surface area contributed by atoms with Crippen molar-refractivity contribution in [3.8, 4) is 11.5 Å². The van der Waals surface area contributed by atoms with Crippen molar-refractivity contribution in [3.05, 3.63) is 66.9 Å². The molecule has 2 aromatic carbocycles. The number of nitrogens with zero attached hydrogens (tertiary/aromatic N) is 1. The highest BCUT2D eigenvalue weighted by Gasteiger charge is 2.02. The predicted octanol–water partition coefficient (Wildman–Crippen LogP) is 4.02. The second-order valence-electron chi connectivity index (χ2n) is 5.07. The molecule has 134 valence electrons. The number of benzene rings is 2. The fourth-order valence-corrected chi connectivity index (χ4v) is 2.12. The van der Waals surface area contributed by atoms with E-state index in [0.29, 0.717) is 12.4 Å². The third-order valence-corrected chi connectivity index (χ3v) is 3.34. The summed E-state index contributed by atoms with van der Waals surface area (Å²) in [4.78, 5) is 0. The quantitative estimate of drug-likeness (QED) is 0.378. The second kappa shape index (κ2) is 10.3. The number of halogens is 1. The van der Waals surface area contributed by atoms with Crippen molar-refractivity contribution in [2.75, 3.05) is 25.2 Å². The molecule has 6 heteroatoms. The van der Waals surface area contributed by atoms with E-state index >= 15 is 0 Å². The Hall–Kier alpha value is -2.57. The third kappa shape index (κ3) is 6.10. The van der Waals surface area contributed by atoms with Crippen molar-refractivity contribution < 1.29 is 18.6 Å². The van der Waals surface area contributed by atoms with Crippen LogP contribution in [0.5, 0.6) is 11.5 Å². The highest BCUT2D eigenvalue weighted by molar-refractivity contribution is 5.48. The van der Waals surface area contributed by atoms with Crippen LogP contribution in [0.25, 0.3) is 0 Å². The monoisotopic (exact) mass is 346 g/mol. The van der Waals surface area contributed by atoms with Crippen molar-refractivity contribution >= 4 is 5.69 Å². The first-order chi connectivity index (χ1) is 12.3. The molecule has 0 saturated heterocycles. The van der Waals surface area contributed by atoms with Gasteiger partial charge in [0, 0.05) is 12.7 Å². The summed E-state index contributed by atoms with van der Waals surface area (Å²) in [5, 5.41) is 1.87. The molecular formula is C19H23FN2O3. The molecule has 0 aliphatic rings. The highest BCUT2D eigenvalue weighted by atomic mass is 19.1. The molecule has 0 heterocycles. The minimum absolute atomic E-state index is 0.113. The Bertz CT molecular complexity index is 632. The van der Waals surface area contributed by atoms with Gasteiger partial charge in [0.05, 0.1) is 5.69 Å². The Morgan fingerprint density at radius 3 is 2.24 bits per heavy atom. The topological polar surface area (TPSA) is 43.0 Å². The van der Waals surface area contributed by atoms with Gasteiger partial charge < -0.3 is 14.2 Å². The summed E-state index contributed by atoms with van der Waals surface area (Å²) >= 11 is 0. The molecule has 0 aliphatic carbocycles. The lowest BCUT2D eigenvalue weighted by Crippen LogP contribution is -2.32. The predicted molar refractivity (Wildman–Crippen MR) is 96.1 cm³/mol. The molecule has 0 bridgehead atoms. The maximum absolute atomic E-state index is 11.8. The summed E-state index contributed by atoms with van der Waals surface area (Å²) in [7, 11) is 0. The molecule has 0 radical (unpaired) electrons. The molecule has 0 atom stereocenters. The van der Waals surface area contributed by atoms with Gasteiger partial charge in [-0.2, -0.15) is 0 Å². The smallest absolute Gasteiger partial charge is 0.192 e. The molecule has 0 aromatic heterocycles. The molecule has 0 unspecified atom stereocenters. The Labute approximate surface area is 147 Å². The van der Waals surface area contributed by atoms with Gasteiger partial charge in [0.25, 0.3) is 0 Å². The van der Waals surface area contributed by atoms with Crippen molar-refractivity contribution in [2.45, 2.75) is 13.5 Å². The normalized spacial score (nSPS) is 10.3. The molecule has 0 saturated carbocycles. The maximum atomic E-state index is 11.8. The molecule has 2 rings (SSSR count). The number of nitrogens with one attached hydrogen (secondary N) is 1. The van der Waals surface area contributed by atoms with Gasteiger partial charge in [-0.1, -0.05) is 25.6 Å². The fraction of sp³-hybridized carbons (Fsp3) is 0.263. The summed E-state index contributed by atoms with van der Waals surface area (Å²) < 4.78 is 27.2. The van der Waals surface area contributed by atoms with E-state index in [2.05, 4.69) is 16.7 Å². The van der Waals surface area contributed by atoms with E-state index in [4.69, 9.17) is 9.47 Å². The molecule has 5 nitrogen and oxygen atoms in total. The molecule has 0 amide bonds. The first kappa shape index (κ1) is 18.8. The largest absolute Gasteiger partial charge is 0.489 e. The first-order valence-corrected chi connectivity index (χ1v) is 8.00. The van der Waals surface area contributed by atoms with Crippen LogP contribution in [0.4, 0.5) is 10.1 Å². The maximum Gasteiger partial charge on any atom is 0.192 e. The van der Waals surface area contributed by atoms with Crippen LogP contribution < -0.4 is 19.9 Å². The van der Waals surface area contributed by atoms with Crippen LogP contribution in [0.1, 0.15) is 12.5 Å². The molecular weight excluding hydrogens is 323 g/mol. The van der Waals surface area contributed by atoms with E-state index in [1.54, 1.807) is 30.5 Å². The molecule has 25 heavy (non-hydrogen) atoms. The van der Waals surface area contributed by atoms with Crippen LogP contribution in [0.15, 0.2) is 61.3 Å². The van der Waals surface area contributed by atoms with E-state index < -0.39 is 6.86 Å². The van der Waals surface area contributed by atoms with Gasteiger partial charge in [-0.25, -0.2) is 9.82 Å². The molecule has 1 N–H and O–H groups in total. The van der Waals surface area contributed by atoms with Crippen LogP contribution in [0.2, 0.25) is 0 Å². The number of anilines is 1. The lowest BCUT2D eigenvalue weighted by Gasteiger charge is -2.20. The minimum Gasteiger partial charge on any atom is -0.489 e. The average Bonchev–Trinajstić information content (AvgIpc) is 2.66. The van der Waals surface area contributed by atoms with Crippen molar-refractivity contribution in [3.63, 3.8) is 0 Å². The Morgan fingerprint density at radius 1 is 1.04 bits per heavy atom. The van der Waals surface area contributed by atoms with E-state index in [0.717, 1.165) is 23.5 Å². The zero-order valence-corrected chi connectivity index (χ0v) is 14.3. The molecule has 0 spiro atoms. The van der Waals surface area contributed by atoms with Gasteiger partial charge in [0.1, 0.15) is 18.1 Å². The Morgan fingerprint density at radius 2 is 1.68 bits per heavy atom. The number of alkyl halides is 1. The van der Waals surface area contributed by atoms with E-state index in [-0.39, 0.29) is 6.79 Å². The SMILES string of the molecule is C=CN(NCC)c1ccc(COc2ccc(OCOCF)cc2)cc1. The third-order valence-electron chi connectivity index (χ3n) is 3.34. The van der Waals surface area contributed by atoms with Gasteiger partial charge >= 0.3 is 0 Å². The standard InChI is InChI=1S/C19H23FN2O3/c1-3-21-22(4-2)17-7-5-16(6-8-17)13-24-18-9-11-19(12-10-18)25-15-23-14-20/h4-12,21H,2-3,13-15H2,1H3. The van der Waals surface area contributed by atoms with Crippen molar-refractivity contribution in [2.24, 2.45) is 0 Å². The molecule has 0 aliphatic heterocycles. The van der Waals surface area contributed by atoms with Crippen LogP contribution in [0, 0.1) is 0 Å². The van der Waals surface area contributed by atoms with Crippen LogP contribution in [-0.4, -0.2) is 20.2 Å². The Balaban J connectivity index is 1.85. The number of ether oxygens (including phenoxy) is 3. The lowest BCUT2D eigenvalue weighted by atomic mass is 10.2. The fourth-order valence-electron chi connectivity index (χ4n) is 2.12. The van der Waals surface area contributed by atoms with Crippen molar-refractivity contribution in [1.29, 1.82) is 0 Å². The molecule has 2 aromatic rings. The molecule has 0 fully saturated rings. The number of rotatable bonds is 11. The van der Waals surface area contributed by atoms with Crippen molar-refractivity contribution in [1.82, 2.24) is 5.43 Å². The minimum atomic E-state index is -0.862. The van der Waals surface area contributed by atoms with Crippen LogP contribution in [0.3, 0.4) is 0 Å². The van der Waals surface area contributed by atoms with Crippen LogP contribution in [-0.2, 0) is 11.3 Å². The zero-order chi connectivity index (χ0) is 17.9. The van der Waals surface area contributed by atoms with Gasteiger partial charge in [-0.05, 0) is 42.0 Å². The summed E-state index contributed by atoms with van der Waals surface area (Å²) in [6, 6.07) is 15.1. The van der Waals surface area contributed by atoms with E-state index in [1.165, 1.54) is 0 Å². The van der Waals surface area contributed by atoms with E-state index in [9.17, 15) is 4.39 Å². The summed E-state index contributed by atoms with van der Waals surface area (Å²) in [6.45, 7) is 6.12. The number of hydrazine groups is 1.